The monoisotopic (exact) mass is 305 g/mol. The predicted molar refractivity (Wildman–Crippen MR) is 93.0 cm³/mol. The van der Waals surface area contributed by atoms with Gasteiger partial charge in [0.2, 0.25) is 0 Å². The van der Waals surface area contributed by atoms with Gasteiger partial charge >= 0.3 is 0 Å². The molecule has 0 radical (unpaired) electrons. The van der Waals surface area contributed by atoms with Crippen LogP contribution in [0.15, 0.2) is 90.9 Å². The second-order valence-corrected chi connectivity index (χ2v) is 7.55. The second-order valence-electron chi connectivity index (χ2n) is 4.90. The van der Waals surface area contributed by atoms with Crippen molar-refractivity contribution in [2.45, 2.75) is 0 Å². The first kappa shape index (κ1) is 14.5. The molecule has 0 bridgehead atoms. The van der Waals surface area contributed by atoms with Crippen molar-refractivity contribution in [2.75, 3.05) is 0 Å². The predicted octanol–water partition coefficient (Wildman–Crippen LogP) is 4.07. The van der Waals surface area contributed by atoms with Gasteiger partial charge in [-0.25, -0.2) is 0 Å². The van der Waals surface area contributed by atoms with Gasteiger partial charge in [-0.1, -0.05) is 66.7 Å². The zero-order valence-corrected chi connectivity index (χ0v) is 12.9. The third-order valence-corrected chi connectivity index (χ3v) is 6.12. The van der Waals surface area contributed by atoms with Crippen molar-refractivity contribution in [1.29, 1.82) is 0 Å². The van der Waals surface area contributed by atoms with Gasteiger partial charge in [0, 0.05) is 16.8 Å². The molecule has 0 aliphatic heterocycles. The van der Waals surface area contributed by atoms with Gasteiger partial charge in [0.25, 0.3) is 0 Å². The molecule has 3 heteroatoms. The van der Waals surface area contributed by atoms with Gasteiger partial charge in [0.1, 0.15) is 0 Å². The van der Waals surface area contributed by atoms with Crippen LogP contribution in [0.3, 0.4) is 0 Å². The molecule has 0 saturated carbocycles. The second kappa shape index (κ2) is 6.55. The Bertz CT molecular complexity index is 755. The number of hydrogen-bond donors (Lipinski definition) is 0. The maximum Gasteiger partial charge on any atom is 0.164 e. The van der Waals surface area contributed by atoms with Gasteiger partial charge in [-0.05, 0) is 24.0 Å². The van der Waals surface area contributed by atoms with E-state index in [1.165, 1.54) is 0 Å². The third kappa shape index (κ3) is 3.08. The molecular weight excluding hydrogens is 289 g/mol. The van der Waals surface area contributed by atoms with E-state index in [-0.39, 0.29) is 0 Å². The molecular formula is C19H16NOP. The Balaban J connectivity index is 2.09. The zero-order chi connectivity index (χ0) is 15.3. The van der Waals surface area contributed by atoms with E-state index in [2.05, 4.69) is 4.98 Å². The van der Waals surface area contributed by atoms with Crippen LogP contribution in [0, 0.1) is 0 Å². The molecule has 0 saturated heterocycles. The fraction of sp³-hybridized carbons (Fsp3) is 0. The summed E-state index contributed by atoms with van der Waals surface area (Å²) in [5.41, 5.74) is 0.801. The molecule has 0 unspecified atom stereocenters. The molecule has 0 N–H and O–H groups in total. The van der Waals surface area contributed by atoms with Gasteiger partial charge < -0.3 is 4.57 Å². The van der Waals surface area contributed by atoms with Crippen molar-refractivity contribution >= 4 is 23.8 Å². The van der Waals surface area contributed by atoms with E-state index in [1.54, 1.807) is 12.0 Å². The van der Waals surface area contributed by atoms with Gasteiger partial charge in [0.15, 0.2) is 7.14 Å². The van der Waals surface area contributed by atoms with Crippen molar-refractivity contribution in [3.8, 4) is 0 Å². The summed E-state index contributed by atoms with van der Waals surface area (Å²) in [5, 5.41) is 1.65. The summed E-state index contributed by atoms with van der Waals surface area (Å²) in [6.45, 7) is 0. The van der Waals surface area contributed by atoms with Crippen molar-refractivity contribution in [1.82, 2.24) is 4.98 Å². The topological polar surface area (TPSA) is 30.0 Å². The van der Waals surface area contributed by atoms with Gasteiger partial charge in [-0.2, -0.15) is 0 Å². The molecule has 0 aliphatic carbocycles. The third-order valence-electron chi connectivity index (χ3n) is 3.42. The van der Waals surface area contributed by atoms with Crippen molar-refractivity contribution in [2.24, 2.45) is 0 Å². The summed E-state index contributed by atoms with van der Waals surface area (Å²) >= 11 is 0. The lowest BCUT2D eigenvalue weighted by Gasteiger charge is -2.15. The van der Waals surface area contributed by atoms with E-state index < -0.39 is 7.14 Å². The highest BCUT2D eigenvalue weighted by molar-refractivity contribution is 7.81. The number of aromatic nitrogens is 1. The highest BCUT2D eigenvalue weighted by Crippen LogP contribution is 2.45. The van der Waals surface area contributed by atoms with Crippen LogP contribution in [0.4, 0.5) is 0 Å². The molecule has 0 fully saturated rings. The van der Waals surface area contributed by atoms with E-state index in [9.17, 15) is 4.57 Å². The summed E-state index contributed by atoms with van der Waals surface area (Å²) in [6.07, 6.45) is 3.57. The summed E-state index contributed by atoms with van der Waals surface area (Å²) in [6, 6.07) is 24.9. The number of hydrogen-bond acceptors (Lipinski definition) is 2. The Morgan fingerprint density at radius 1 is 0.727 bits per heavy atom. The Morgan fingerprint density at radius 3 is 1.77 bits per heavy atom. The summed E-state index contributed by atoms with van der Waals surface area (Å²) in [7, 11) is -2.81. The highest BCUT2D eigenvalue weighted by Gasteiger charge is 2.23. The number of rotatable bonds is 4. The van der Waals surface area contributed by atoms with Gasteiger partial charge in [-0.15, -0.1) is 0 Å². The van der Waals surface area contributed by atoms with E-state index in [1.807, 2.05) is 84.9 Å². The zero-order valence-electron chi connectivity index (χ0n) is 12.0. The minimum Gasteiger partial charge on any atom is -0.309 e. The summed E-state index contributed by atoms with van der Waals surface area (Å²) < 4.78 is 13.7. The van der Waals surface area contributed by atoms with E-state index in [4.69, 9.17) is 0 Å². The van der Waals surface area contributed by atoms with Crippen LogP contribution in [0.5, 0.6) is 0 Å². The minimum atomic E-state index is -2.81. The van der Waals surface area contributed by atoms with E-state index in [0.717, 1.165) is 16.3 Å². The molecule has 22 heavy (non-hydrogen) atoms. The SMILES string of the molecule is O=P(/C=C/c1ccccn1)(c1ccccc1)c1ccccc1. The van der Waals surface area contributed by atoms with Crippen LogP contribution in [0.1, 0.15) is 5.69 Å². The van der Waals surface area contributed by atoms with Gasteiger partial charge in [-0.3, -0.25) is 4.98 Å². The van der Waals surface area contributed by atoms with Gasteiger partial charge in [0.05, 0.1) is 5.69 Å². The Kier molecular flexibility index (Phi) is 4.32. The first-order chi connectivity index (χ1) is 10.8. The molecule has 1 aromatic heterocycles. The van der Waals surface area contributed by atoms with Crippen molar-refractivity contribution in [3.63, 3.8) is 0 Å². The highest BCUT2D eigenvalue weighted by atomic mass is 31.2. The lowest BCUT2D eigenvalue weighted by molar-refractivity contribution is 0.592. The maximum absolute atomic E-state index is 13.7. The van der Waals surface area contributed by atoms with Crippen molar-refractivity contribution in [3.05, 3.63) is 96.6 Å². The first-order valence-corrected chi connectivity index (χ1v) is 8.88. The number of pyridine rings is 1. The normalized spacial score (nSPS) is 11.6. The molecule has 108 valence electrons. The molecule has 2 nitrogen and oxygen atoms in total. The summed E-state index contributed by atoms with van der Waals surface area (Å²) in [5.74, 6) is 1.79. The minimum absolute atomic E-state index is 0.801. The molecule has 0 atom stereocenters. The van der Waals surface area contributed by atoms with Crippen LogP contribution in [-0.2, 0) is 4.57 Å². The first-order valence-electron chi connectivity index (χ1n) is 7.10. The van der Waals surface area contributed by atoms with Crippen LogP contribution in [0.2, 0.25) is 0 Å². The maximum atomic E-state index is 13.7. The lowest BCUT2D eigenvalue weighted by atomic mass is 10.3. The molecule has 0 aliphatic rings. The molecule has 3 rings (SSSR count). The molecule has 0 amide bonds. The molecule has 3 aromatic rings. The quantitative estimate of drug-likeness (QED) is 0.680. The molecule has 1 heterocycles. The average molecular weight is 305 g/mol. The number of benzene rings is 2. The smallest absolute Gasteiger partial charge is 0.164 e. The largest absolute Gasteiger partial charge is 0.309 e. The Hall–Kier alpha value is -2.44. The van der Waals surface area contributed by atoms with E-state index >= 15 is 0 Å². The Morgan fingerprint density at radius 2 is 1.27 bits per heavy atom. The standard InChI is InChI=1S/C19H16NOP/c21-22(18-10-3-1-4-11-18,19-12-5-2-6-13-19)16-14-17-9-7-8-15-20-17/h1-16H/b16-14+. The van der Waals surface area contributed by atoms with Crippen LogP contribution < -0.4 is 10.6 Å². The van der Waals surface area contributed by atoms with Crippen molar-refractivity contribution < 1.29 is 4.57 Å². The summed E-state index contributed by atoms with van der Waals surface area (Å²) in [4.78, 5) is 4.26. The lowest BCUT2D eigenvalue weighted by Crippen LogP contribution is -2.13. The number of nitrogens with zero attached hydrogens (tertiary/aromatic N) is 1. The van der Waals surface area contributed by atoms with Crippen LogP contribution >= 0.6 is 7.14 Å². The molecule has 2 aromatic carbocycles. The fourth-order valence-corrected chi connectivity index (χ4v) is 4.51. The Labute approximate surface area is 130 Å². The average Bonchev–Trinajstić information content (AvgIpc) is 2.62. The fourth-order valence-electron chi connectivity index (χ4n) is 2.28. The van der Waals surface area contributed by atoms with Crippen LogP contribution in [-0.4, -0.2) is 4.98 Å². The molecule has 0 spiro atoms. The van der Waals surface area contributed by atoms with Crippen LogP contribution in [0.25, 0.3) is 6.08 Å². The van der Waals surface area contributed by atoms with E-state index in [0.29, 0.717) is 0 Å².